The molecule has 5 nitrogen and oxygen atoms in total. The average Bonchev–Trinajstić information content (AvgIpc) is 3.37. The van der Waals surface area contributed by atoms with Crippen LogP contribution >= 0.6 is 24.0 Å². The number of carboxylic acid groups (broad SMARTS) is 1. The highest BCUT2D eigenvalue weighted by Crippen LogP contribution is 2.42. The molecule has 1 heterocycles. The van der Waals surface area contributed by atoms with E-state index >= 15 is 0 Å². The van der Waals surface area contributed by atoms with Gasteiger partial charge in [-0.3, -0.25) is 0 Å². The van der Waals surface area contributed by atoms with Crippen molar-refractivity contribution in [3.05, 3.63) is 48.2 Å². The molecule has 0 saturated heterocycles. The van der Waals surface area contributed by atoms with Gasteiger partial charge in [-0.25, -0.2) is 9.78 Å². The van der Waals surface area contributed by atoms with Crippen molar-refractivity contribution in [2.45, 2.75) is 23.9 Å². The van der Waals surface area contributed by atoms with Crippen LogP contribution in [0.4, 0.5) is 0 Å². The first kappa shape index (κ1) is 18.5. The summed E-state index contributed by atoms with van der Waals surface area (Å²) in [5.41, 5.74) is 1.14. The van der Waals surface area contributed by atoms with Crippen molar-refractivity contribution in [1.29, 1.82) is 0 Å². The van der Waals surface area contributed by atoms with Crippen LogP contribution in [0.25, 0.3) is 11.1 Å². The largest absolute Gasteiger partial charge is 0.478 e. The van der Waals surface area contributed by atoms with E-state index in [1.807, 2.05) is 19.2 Å². The third-order valence-corrected chi connectivity index (χ3v) is 4.66. The van der Waals surface area contributed by atoms with Crippen LogP contribution in [0.1, 0.15) is 23.2 Å². The maximum atomic E-state index is 11.0. The lowest BCUT2D eigenvalue weighted by Gasteiger charge is -2.22. The molecular weight excluding hydrogens is 351 g/mol. The third kappa shape index (κ3) is 3.64. The number of alkyl halides is 1. The van der Waals surface area contributed by atoms with Crippen molar-refractivity contribution in [2.75, 3.05) is 7.05 Å². The Hall–Kier alpha value is -1.82. The number of halogens is 2. The Bertz CT molecular complexity index is 718. The highest BCUT2D eigenvalue weighted by molar-refractivity contribution is 6.21. The lowest BCUT2D eigenvalue weighted by atomic mass is 10.1. The van der Waals surface area contributed by atoms with Gasteiger partial charge in [-0.1, -0.05) is 23.7 Å². The fraction of sp³-hybridized carbons (Fsp3) is 0.294. The number of aromatic nitrogens is 1. The molecule has 0 radical (unpaired) electrons. The first-order valence-corrected chi connectivity index (χ1v) is 7.78. The molecule has 1 aliphatic rings. The van der Waals surface area contributed by atoms with Gasteiger partial charge in [0.2, 0.25) is 5.88 Å². The number of ether oxygens (including phenoxy) is 1. The van der Waals surface area contributed by atoms with Gasteiger partial charge in [0, 0.05) is 11.8 Å². The SMILES string of the molecule is CNC1(C(Cl)Oc2ncccc2-c2ccc(C(=O)O)cc2)CC1.Cl. The molecule has 1 aromatic heterocycles. The zero-order chi connectivity index (χ0) is 16.4. The summed E-state index contributed by atoms with van der Waals surface area (Å²) in [6.45, 7) is 0. The summed E-state index contributed by atoms with van der Waals surface area (Å²) in [4.78, 5) is 15.2. The topological polar surface area (TPSA) is 71.5 Å². The van der Waals surface area contributed by atoms with E-state index in [4.69, 9.17) is 21.4 Å². The van der Waals surface area contributed by atoms with Crippen LogP contribution in [-0.4, -0.2) is 34.2 Å². The quantitative estimate of drug-likeness (QED) is 0.762. The van der Waals surface area contributed by atoms with Crippen LogP contribution in [0.2, 0.25) is 0 Å². The third-order valence-electron chi connectivity index (χ3n) is 4.15. The van der Waals surface area contributed by atoms with Crippen molar-refractivity contribution in [3.63, 3.8) is 0 Å². The smallest absolute Gasteiger partial charge is 0.335 e. The van der Waals surface area contributed by atoms with E-state index in [0.29, 0.717) is 5.88 Å². The van der Waals surface area contributed by atoms with Crippen LogP contribution in [-0.2, 0) is 0 Å². The fourth-order valence-corrected chi connectivity index (χ4v) is 2.84. The molecule has 7 heteroatoms. The molecule has 1 saturated carbocycles. The minimum atomic E-state index is -0.954. The molecule has 1 aromatic carbocycles. The maximum absolute atomic E-state index is 11.0. The number of likely N-dealkylation sites (N-methyl/N-ethyl adjacent to an activating group) is 1. The minimum Gasteiger partial charge on any atom is -0.478 e. The summed E-state index contributed by atoms with van der Waals surface area (Å²) in [5, 5.41) is 12.2. The summed E-state index contributed by atoms with van der Waals surface area (Å²) in [6.07, 6.45) is 3.58. The predicted molar refractivity (Wildman–Crippen MR) is 95.2 cm³/mol. The van der Waals surface area contributed by atoms with Gasteiger partial charge in [0.05, 0.1) is 11.1 Å². The number of hydrogen-bond donors (Lipinski definition) is 2. The second-order valence-electron chi connectivity index (χ2n) is 5.58. The van der Waals surface area contributed by atoms with E-state index in [2.05, 4.69) is 10.3 Å². The van der Waals surface area contributed by atoms with Crippen molar-refractivity contribution < 1.29 is 14.6 Å². The standard InChI is InChI=1S/C17H17ClN2O3.ClH/c1-19-17(8-9-17)16(18)23-14-13(3-2-10-20-14)11-4-6-12(7-5-11)15(21)22;/h2-7,10,16,19H,8-9H2,1H3,(H,21,22);1H. The first-order chi connectivity index (χ1) is 11.1. The Morgan fingerprint density at radius 1 is 1.33 bits per heavy atom. The molecule has 2 aromatic rings. The number of nitrogens with zero attached hydrogens (tertiary/aromatic N) is 1. The minimum absolute atomic E-state index is 0. The maximum Gasteiger partial charge on any atom is 0.335 e. The monoisotopic (exact) mass is 368 g/mol. The highest BCUT2D eigenvalue weighted by Gasteiger charge is 2.49. The van der Waals surface area contributed by atoms with E-state index in [9.17, 15) is 4.79 Å². The van der Waals surface area contributed by atoms with E-state index in [1.165, 1.54) is 0 Å². The van der Waals surface area contributed by atoms with Gasteiger partial charge in [-0.05, 0) is 49.7 Å². The lowest BCUT2D eigenvalue weighted by molar-refractivity contribution is 0.0697. The average molecular weight is 369 g/mol. The molecule has 3 rings (SSSR count). The highest BCUT2D eigenvalue weighted by atomic mass is 35.5. The second-order valence-corrected chi connectivity index (χ2v) is 5.98. The van der Waals surface area contributed by atoms with Gasteiger partial charge >= 0.3 is 5.97 Å². The fourth-order valence-electron chi connectivity index (χ4n) is 2.43. The van der Waals surface area contributed by atoms with Gasteiger partial charge in [-0.2, -0.15) is 0 Å². The van der Waals surface area contributed by atoms with Crippen molar-refractivity contribution in [2.24, 2.45) is 0 Å². The summed E-state index contributed by atoms with van der Waals surface area (Å²) < 4.78 is 5.87. The summed E-state index contributed by atoms with van der Waals surface area (Å²) in [6, 6.07) is 10.3. The Morgan fingerprint density at radius 3 is 2.54 bits per heavy atom. The molecule has 1 fully saturated rings. The molecule has 1 unspecified atom stereocenters. The van der Waals surface area contributed by atoms with Crippen LogP contribution < -0.4 is 10.1 Å². The van der Waals surface area contributed by atoms with Gasteiger partial charge in [0.25, 0.3) is 0 Å². The zero-order valence-corrected chi connectivity index (χ0v) is 14.6. The predicted octanol–water partition coefficient (Wildman–Crippen LogP) is 3.56. The van der Waals surface area contributed by atoms with Crippen LogP contribution in [0.15, 0.2) is 42.6 Å². The molecule has 128 valence electrons. The Labute approximate surface area is 151 Å². The Morgan fingerprint density at radius 2 is 2.00 bits per heavy atom. The molecule has 0 amide bonds. The molecule has 24 heavy (non-hydrogen) atoms. The number of nitrogens with one attached hydrogen (secondary N) is 1. The van der Waals surface area contributed by atoms with Crippen LogP contribution in [0, 0.1) is 0 Å². The van der Waals surface area contributed by atoms with Gasteiger partial charge in [0.1, 0.15) is 0 Å². The molecular formula is C17H18Cl2N2O3. The summed E-state index contributed by atoms with van der Waals surface area (Å²) in [5.74, 6) is -0.512. The number of aromatic carboxylic acids is 1. The molecule has 1 atom stereocenters. The number of carbonyl (C=O) groups is 1. The van der Waals surface area contributed by atoms with E-state index < -0.39 is 11.5 Å². The lowest BCUT2D eigenvalue weighted by Crippen LogP contribution is -2.40. The van der Waals surface area contributed by atoms with Crippen molar-refractivity contribution in [3.8, 4) is 17.0 Å². The molecule has 2 N–H and O–H groups in total. The normalized spacial score (nSPS) is 15.9. The van der Waals surface area contributed by atoms with E-state index in [1.54, 1.807) is 30.5 Å². The van der Waals surface area contributed by atoms with Crippen LogP contribution in [0.3, 0.4) is 0 Å². The number of pyridine rings is 1. The molecule has 0 bridgehead atoms. The number of rotatable bonds is 6. The molecule has 1 aliphatic carbocycles. The second kappa shape index (κ2) is 7.38. The van der Waals surface area contributed by atoms with Crippen LogP contribution in [0.5, 0.6) is 5.88 Å². The number of hydrogen-bond acceptors (Lipinski definition) is 4. The first-order valence-electron chi connectivity index (χ1n) is 7.34. The van der Waals surface area contributed by atoms with Crippen molar-refractivity contribution >= 4 is 30.0 Å². The van der Waals surface area contributed by atoms with Crippen molar-refractivity contribution in [1.82, 2.24) is 10.3 Å². The molecule has 0 spiro atoms. The van der Waals surface area contributed by atoms with Gasteiger partial charge < -0.3 is 15.2 Å². The van der Waals surface area contributed by atoms with E-state index in [-0.39, 0.29) is 23.5 Å². The number of carboxylic acids is 1. The Balaban J connectivity index is 0.00000208. The Kier molecular flexibility index (Phi) is 5.70. The summed E-state index contributed by atoms with van der Waals surface area (Å²) in [7, 11) is 1.87. The van der Waals surface area contributed by atoms with Gasteiger partial charge in [0.15, 0.2) is 5.56 Å². The molecule has 0 aliphatic heterocycles. The van der Waals surface area contributed by atoms with Gasteiger partial charge in [-0.15, -0.1) is 12.4 Å². The van der Waals surface area contributed by atoms with E-state index in [0.717, 1.165) is 24.0 Å². The zero-order valence-electron chi connectivity index (χ0n) is 13.0. The summed E-state index contributed by atoms with van der Waals surface area (Å²) >= 11 is 6.39. The number of benzene rings is 1.